The van der Waals surface area contributed by atoms with E-state index < -0.39 is 46.1 Å². The number of ketones is 1. The Kier molecular flexibility index (Phi) is 5.97. The molecule has 1 saturated carbocycles. The molecule has 1 aliphatic carbocycles. The van der Waals surface area contributed by atoms with Gasteiger partial charge in [0.1, 0.15) is 11.2 Å². The van der Waals surface area contributed by atoms with Gasteiger partial charge < -0.3 is 9.84 Å². The summed E-state index contributed by atoms with van der Waals surface area (Å²) in [6, 6.07) is 12.6. The van der Waals surface area contributed by atoms with Crippen LogP contribution >= 0.6 is 11.6 Å². The van der Waals surface area contributed by atoms with Crippen LogP contribution in [0.4, 0.5) is 0 Å². The van der Waals surface area contributed by atoms with Crippen LogP contribution < -0.4 is 0 Å². The van der Waals surface area contributed by atoms with Gasteiger partial charge in [-0.25, -0.2) is 0 Å². The highest BCUT2D eigenvalue weighted by molar-refractivity contribution is 6.30. The molecule has 0 radical (unpaired) electrons. The van der Waals surface area contributed by atoms with Gasteiger partial charge in [-0.2, -0.15) is 0 Å². The first-order chi connectivity index (χ1) is 14.2. The summed E-state index contributed by atoms with van der Waals surface area (Å²) in [7, 11) is 0. The van der Waals surface area contributed by atoms with Crippen LogP contribution in [0.15, 0.2) is 54.6 Å². The van der Waals surface area contributed by atoms with E-state index in [1.807, 2.05) is 0 Å². The highest BCUT2D eigenvalue weighted by Gasteiger charge is 2.73. The number of nitro groups is 1. The smallest absolute Gasteiger partial charge is 0.320 e. The number of hydrogen-bond acceptors (Lipinski definition) is 6. The molecule has 1 fully saturated rings. The second-order valence-corrected chi connectivity index (χ2v) is 7.91. The first-order valence-electron chi connectivity index (χ1n) is 9.53. The van der Waals surface area contributed by atoms with Crippen LogP contribution in [0, 0.1) is 15.5 Å². The molecule has 0 saturated heterocycles. The maximum absolute atomic E-state index is 13.1. The molecule has 0 amide bonds. The minimum atomic E-state index is -2.09. The maximum atomic E-state index is 13.1. The molecule has 3 rings (SSSR count). The fourth-order valence-electron chi connectivity index (χ4n) is 4.57. The van der Waals surface area contributed by atoms with Gasteiger partial charge in [0.05, 0.1) is 12.5 Å². The predicted molar refractivity (Wildman–Crippen MR) is 110 cm³/mol. The van der Waals surface area contributed by atoms with E-state index in [1.165, 1.54) is 31.2 Å². The van der Waals surface area contributed by atoms with E-state index in [0.717, 1.165) is 0 Å². The second-order valence-electron chi connectivity index (χ2n) is 7.47. The Morgan fingerprint density at radius 3 is 2.30 bits per heavy atom. The predicted octanol–water partition coefficient (Wildman–Crippen LogP) is 3.50. The Morgan fingerprint density at radius 1 is 1.20 bits per heavy atom. The molecule has 30 heavy (non-hydrogen) atoms. The van der Waals surface area contributed by atoms with E-state index in [-0.39, 0.29) is 12.2 Å². The summed E-state index contributed by atoms with van der Waals surface area (Å²) in [6.45, 7) is 2.80. The topological polar surface area (TPSA) is 107 Å². The Hall–Kier alpha value is -2.77. The number of Topliss-reactive ketones (excluding diaryl/α,β-unsaturated/α-hetero) is 1. The van der Waals surface area contributed by atoms with Crippen LogP contribution in [0.3, 0.4) is 0 Å². The number of ether oxygens (including phenoxy) is 1. The number of carbonyl (C=O) groups excluding carboxylic acids is 2. The number of aliphatic hydroxyl groups is 1. The molecule has 0 bridgehead atoms. The van der Waals surface area contributed by atoms with Crippen molar-refractivity contribution in [1.82, 2.24) is 0 Å². The molecule has 1 N–H and O–H groups in total. The lowest BCUT2D eigenvalue weighted by Crippen LogP contribution is -2.45. The molecule has 0 unspecified atom stereocenters. The van der Waals surface area contributed by atoms with Gasteiger partial charge in [0.25, 0.3) is 6.04 Å². The molecule has 0 aromatic heterocycles. The number of carbonyl (C=O) groups is 2. The second kappa shape index (κ2) is 8.16. The molecule has 2 aromatic carbocycles. The minimum Gasteiger partial charge on any atom is -0.465 e. The molecular formula is C22H22ClNO6. The van der Waals surface area contributed by atoms with Crippen LogP contribution in [0.1, 0.15) is 37.3 Å². The van der Waals surface area contributed by atoms with E-state index >= 15 is 0 Å². The fourth-order valence-corrected chi connectivity index (χ4v) is 4.69. The summed E-state index contributed by atoms with van der Waals surface area (Å²) in [5.74, 6) is -2.68. The van der Waals surface area contributed by atoms with Gasteiger partial charge in [-0.3, -0.25) is 19.7 Å². The van der Waals surface area contributed by atoms with Gasteiger partial charge >= 0.3 is 5.97 Å². The Labute approximate surface area is 178 Å². The molecule has 0 aliphatic heterocycles. The number of esters is 1. The first kappa shape index (κ1) is 21.9. The van der Waals surface area contributed by atoms with Crippen molar-refractivity contribution in [2.45, 2.75) is 37.8 Å². The molecule has 2 aromatic rings. The molecule has 1 aliphatic rings. The van der Waals surface area contributed by atoms with Crippen LogP contribution in [0.2, 0.25) is 5.02 Å². The summed E-state index contributed by atoms with van der Waals surface area (Å²) in [5, 5.41) is 24.4. The van der Waals surface area contributed by atoms with Gasteiger partial charge in [-0.15, -0.1) is 0 Å². The molecule has 4 atom stereocenters. The first-order valence-corrected chi connectivity index (χ1v) is 9.91. The monoisotopic (exact) mass is 431 g/mol. The molecule has 7 nitrogen and oxygen atoms in total. The van der Waals surface area contributed by atoms with Crippen molar-refractivity contribution in [3.05, 3.63) is 80.9 Å². The number of rotatable bonds is 6. The zero-order chi connectivity index (χ0) is 22.1. The summed E-state index contributed by atoms with van der Waals surface area (Å²) in [5.41, 5.74) is -3.38. The number of halogens is 1. The highest BCUT2D eigenvalue weighted by Crippen LogP contribution is 2.59. The quantitative estimate of drug-likeness (QED) is 0.324. The normalized spacial score (nSPS) is 28.1. The minimum absolute atomic E-state index is 0.00211. The summed E-state index contributed by atoms with van der Waals surface area (Å²) >= 11 is 5.94. The SMILES string of the molecule is CCOC(=O)[C@]1(C(C)=O)C[C@](O)(c2ccc(Cl)cc2)[C@@H]([N+](=O)[O-])[C@@H]1c1ccccc1. The van der Waals surface area contributed by atoms with Crippen molar-refractivity contribution in [3.8, 4) is 0 Å². The van der Waals surface area contributed by atoms with E-state index in [9.17, 15) is 24.8 Å². The van der Waals surface area contributed by atoms with Crippen molar-refractivity contribution >= 4 is 23.4 Å². The van der Waals surface area contributed by atoms with Gasteiger partial charge in [-0.1, -0.05) is 54.1 Å². The Balaban J connectivity index is 2.32. The third-order valence-electron chi connectivity index (χ3n) is 5.88. The Morgan fingerprint density at radius 2 is 1.80 bits per heavy atom. The van der Waals surface area contributed by atoms with Crippen molar-refractivity contribution in [3.63, 3.8) is 0 Å². The summed E-state index contributed by atoms with van der Waals surface area (Å²) in [4.78, 5) is 37.8. The van der Waals surface area contributed by atoms with Crippen molar-refractivity contribution in [2.75, 3.05) is 6.61 Å². The molecule has 0 spiro atoms. The van der Waals surface area contributed by atoms with E-state index in [4.69, 9.17) is 16.3 Å². The van der Waals surface area contributed by atoms with Gasteiger partial charge in [0.15, 0.2) is 5.60 Å². The third kappa shape index (κ3) is 3.38. The van der Waals surface area contributed by atoms with E-state index in [1.54, 1.807) is 37.3 Å². The van der Waals surface area contributed by atoms with Crippen LogP contribution in [0.5, 0.6) is 0 Å². The van der Waals surface area contributed by atoms with Crippen molar-refractivity contribution in [1.29, 1.82) is 0 Å². The van der Waals surface area contributed by atoms with Gasteiger partial charge in [-0.05, 0) is 37.1 Å². The number of nitrogens with zero attached hydrogens (tertiary/aromatic N) is 1. The van der Waals surface area contributed by atoms with E-state index in [0.29, 0.717) is 10.6 Å². The zero-order valence-corrected chi connectivity index (χ0v) is 17.3. The van der Waals surface area contributed by atoms with Crippen LogP contribution in [0.25, 0.3) is 0 Å². The third-order valence-corrected chi connectivity index (χ3v) is 6.13. The van der Waals surface area contributed by atoms with E-state index in [2.05, 4.69) is 0 Å². The molecular weight excluding hydrogens is 410 g/mol. The van der Waals surface area contributed by atoms with Crippen LogP contribution in [-0.4, -0.2) is 34.4 Å². The van der Waals surface area contributed by atoms with Gasteiger partial charge in [0, 0.05) is 16.4 Å². The molecule has 8 heteroatoms. The average molecular weight is 432 g/mol. The zero-order valence-electron chi connectivity index (χ0n) is 16.6. The number of hydrogen-bond donors (Lipinski definition) is 1. The largest absolute Gasteiger partial charge is 0.465 e. The number of benzene rings is 2. The average Bonchev–Trinajstić information content (AvgIpc) is 3.01. The standard InChI is InChI=1S/C22H22ClNO6/c1-3-30-20(26)21(14(2)25)13-22(27,16-9-11-17(23)12-10-16)19(24(28)29)18(21)15-7-5-4-6-8-15/h4-12,18-19,27H,3,13H2,1-2H3/t18-,19-,21-,22-/m0/s1. The van der Waals surface area contributed by atoms with Gasteiger partial charge in [0.2, 0.25) is 0 Å². The Bertz CT molecular complexity index is 963. The lowest BCUT2D eigenvalue weighted by Gasteiger charge is -2.30. The van der Waals surface area contributed by atoms with Crippen LogP contribution in [-0.2, 0) is 19.9 Å². The maximum Gasteiger partial charge on any atom is 0.320 e. The highest BCUT2D eigenvalue weighted by atomic mass is 35.5. The lowest BCUT2D eigenvalue weighted by molar-refractivity contribution is -0.547. The van der Waals surface area contributed by atoms with Crippen molar-refractivity contribution < 1.29 is 24.4 Å². The fraction of sp³-hybridized carbons (Fsp3) is 0.364. The lowest BCUT2D eigenvalue weighted by atomic mass is 9.70. The molecule has 0 heterocycles. The van der Waals surface area contributed by atoms with Crippen molar-refractivity contribution in [2.24, 2.45) is 5.41 Å². The summed E-state index contributed by atoms with van der Waals surface area (Å²) < 4.78 is 5.20. The molecule has 158 valence electrons. The summed E-state index contributed by atoms with van der Waals surface area (Å²) in [6.07, 6.45) is -0.471.